The lowest BCUT2D eigenvalue weighted by molar-refractivity contribution is -0.129. The van der Waals surface area contributed by atoms with Gasteiger partial charge in [-0.2, -0.15) is 0 Å². The van der Waals surface area contributed by atoms with Gasteiger partial charge in [-0.3, -0.25) is 9.59 Å². The topological polar surface area (TPSA) is 95.6 Å². The van der Waals surface area contributed by atoms with Crippen molar-refractivity contribution in [3.8, 4) is 0 Å². The van der Waals surface area contributed by atoms with Crippen LogP contribution in [0.1, 0.15) is 27.0 Å². The minimum atomic E-state index is -3.76. The molecule has 0 heterocycles. The predicted octanol–water partition coefficient (Wildman–Crippen LogP) is 1.60. The van der Waals surface area contributed by atoms with Crippen LogP contribution < -0.4 is 10.0 Å². The van der Waals surface area contributed by atoms with Crippen LogP contribution in [0.5, 0.6) is 0 Å². The highest BCUT2D eigenvalue weighted by Crippen LogP contribution is 2.14. The van der Waals surface area contributed by atoms with Gasteiger partial charge in [0.15, 0.2) is 0 Å². The van der Waals surface area contributed by atoms with Crippen LogP contribution in [0.4, 0.5) is 0 Å². The lowest BCUT2D eigenvalue weighted by atomic mass is 10.1. The third-order valence-corrected chi connectivity index (χ3v) is 5.89. The minimum absolute atomic E-state index is 0.135. The zero-order valence-electron chi connectivity index (χ0n) is 16.4. The predicted molar refractivity (Wildman–Crippen MR) is 107 cm³/mol. The fourth-order valence-corrected chi connectivity index (χ4v) is 3.58. The van der Waals surface area contributed by atoms with Crippen molar-refractivity contribution in [3.63, 3.8) is 0 Å². The second kappa shape index (κ2) is 8.99. The Hall–Kier alpha value is -2.71. The summed E-state index contributed by atoms with van der Waals surface area (Å²) in [7, 11) is -0.607. The van der Waals surface area contributed by atoms with Crippen LogP contribution in [-0.2, 0) is 21.4 Å². The van der Waals surface area contributed by atoms with Crippen LogP contribution in [0.2, 0.25) is 0 Å². The van der Waals surface area contributed by atoms with Crippen molar-refractivity contribution in [2.75, 3.05) is 20.6 Å². The SMILES string of the molecule is CNC(=O)c1ccc(CN(C)C(=O)CNS(=O)(=O)c2ccc(C)c(C)c2)cc1. The second-order valence-electron chi connectivity index (χ2n) is 6.60. The van der Waals surface area contributed by atoms with E-state index in [1.165, 1.54) is 11.0 Å². The molecule has 0 unspecified atom stereocenters. The molecule has 0 radical (unpaired) electrons. The molecule has 8 heteroatoms. The van der Waals surface area contributed by atoms with Crippen molar-refractivity contribution in [3.05, 3.63) is 64.7 Å². The molecule has 0 fully saturated rings. The quantitative estimate of drug-likeness (QED) is 0.734. The molecule has 0 bridgehead atoms. The van der Waals surface area contributed by atoms with Gasteiger partial charge in [0.05, 0.1) is 11.4 Å². The number of aryl methyl sites for hydroxylation is 2. The van der Waals surface area contributed by atoms with Gasteiger partial charge < -0.3 is 10.2 Å². The van der Waals surface area contributed by atoms with Crippen LogP contribution in [0, 0.1) is 13.8 Å². The minimum Gasteiger partial charge on any atom is -0.355 e. The molecule has 0 saturated carbocycles. The number of rotatable bonds is 7. The highest BCUT2D eigenvalue weighted by Gasteiger charge is 2.18. The van der Waals surface area contributed by atoms with Gasteiger partial charge in [0, 0.05) is 26.2 Å². The Balaban J connectivity index is 1.96. The number of nitrogens with one attached hydrogen (secondary N) is 2. The first-order chi connectivity index (χ1) is 13.1. The number of likely N-dealkylation sites (N-methyl/N-ethyl adjacent to an activating group) is 1. The first kappa shape index (κ1) is 21.6. The highest BCUT2D eigenvalue weighted by molar-refractivity contribution is 7.89. The molecule has 0 aliphatic rings. The molecule has 2 aromatic rings. The maximum Gasteiger partial charge on any atom is 0.251 e. The number of nitrogens with zero attached hydrogens (tertiary/aromatic N) is 1. The normalized spacial score (nSPS) is 11.1. The molecule has 0 atom stereocenters. The molecule has 0 aliphatic heterocycles. The van der Waals surface area contributed by atoms with Gasteiger partial charge in [-0.05, 0) is 54.8 Å². The second-order valence-corrected chi connectivity index (χ2v) is 8.36. The number of amides is 2. The maximum atomic E-state index is 12.4. The van der Waals surface area contributed by atoms with E-state index in [0.717, 1.165) is 16.7 Å². The molecule has 7 nitrogen and oxygen atoms in total. The van der Waals surface area contributed by atoms with E-state index in [2.05, 4.69) is 10.0 Å². The lowest BCUT2D eigenvalue weighted by Gasteiger charge is -2.18. The molecule has 150 valence electrons. The molecule has 28 heavy (non-hydrogen) atoms. The highest BCUT2D eigenvalue weighted by atomic mass is 32.2. The van der Waals surface area contributed by atoms with Gasteiger partial charge in [-0.15, -0.1) is 0 Å². The van der Waals surface area contributed by atoms with Crippen molar-refractivity contribution in [2.45, 2.75) is 25.3 Å². The Kier molecular flexibility index (Phi) is 6.93. The number of hydrogen-bond donors (Lipinski definition) is 2. The summed E-state index contributed by atoms with van der Waals surface area (Å²) in [5, 5.41) is 2.54. The van der Waals surface area contributed by atoms with E-state index in [1.54, 1.807) is 50.5 Å². The standard InChI is InChI=1S/C20H25N3O4S/c1-14-5-10-18(11-15(14)2)28(26,27)22-12-19(24)23(4)13-16-6-8-17(9-7-16)20(25)21-3/h5-11,22H,12-13H2,1-4H3,(H,21,25). The number of sulfonamides is 1. The average molecular weight is 404 g/mol. The van der Waals surface area contributed by atoms with Gasteiger partial charge in [0.25, 0.3) is 5.91 Å². The van der Waals surface area contributed by atoms with E-state index >= 15 is 0 Å². The zero-order valence-corrected chi connectivity index (χ0v) is 17.3. The van der Waals surface area contributed by atoms with Gasteiger partial charge in [0.2, 0.25) is 15.9 Å². The van der Waals surface area contributed by atoms with E-state index in [1.807, 2.05) is 13.8 Å². The number of benzene rings is 2. The molecule has 0 aliphatic carbocycles. The fourth-order valence-electron chi connectivity index (χ4n) is 2.52. The van der Waals surface area contributed by atoms with E-state index < -0.39 is 10.0 Å². The van der Waals surface area contributed by atoms with Crippen LogP contribution in [-0.4, -0.2) is 45.8 Å². The van der Waals surface area contributed by atoms with E-state index in [0.29, 0.717) is 12.1 Å². The van der Waals surface area contributed by atoms with Crippen LogP contribution >= 0.6 is 0 Å². The third-order valence-electron chi connectivity index (χ3n) is 4.49. The van der Waals surface area contributed by atoms with Crippen molar-refractivity contribution in [1.82, 2.24) is 14.9 Å². The Morgan fingerprint density at radius 1 is 1.00 bits per heavy atom. The van der Waals surface area contributed by atoms with E-state index in [9.17, 15) is 18.0 Å². The van der Waals surface area contributed by atoms with Crippen molar-refractivity contribution < 1.29 is 18.0 Å². The first-order valence-corrected chi connectivity index (χ1v) is 10.2. The Morgan fingerprint density at radius 3 is 2.21 bits per heavy atom. The smallest absolute Gasteiger partial charge is 0.251 e. The largest absolute Gasteiger partial charge is 0.355 e. The maximum absolute atomic E-state index is 12.4. The Bertz CT molecular complexity index is 969. The molecule has 2 amide bonds. The molecular formula is C20H25N3O4S. The molecule has 0 spiro atoms. The summed E-state index contributed by atoms with van der Waals surface area (Å²) in [6, 6.07) is 11.7. The summed E-state index contributed by atoms with van der Waals surface area (Å²) in [6.45, 7) is 3.71. The van der Waals surface area contributed by atoms with Crippen LogP contribution in [0.3, 0.4) is 0 Å². The van der Waals surface area contributed by atoms with Gasteiger partial charge in [-0.25, -0.2) is 13.1 Å². The number of carbonyl (C=O) groups is 2. The van der Waals surface area contributed by atoms with Crippen LogP contribution in [0.25, 0.3) is 0 Å². The first-order valence-electron chi connectivity index (χ1n) is 8.76. The Labute approximate surface area is 165 Å². The summed E-state index contributed by atoms with van der Waals surface area (Å²) >= 11 is 0. The monoisotopic (exact) mass is 403 g/mol. The van der Waals surface area contributed by atoms with Crippen molar-refractivity contribution in [2.24, 2.45) is 0 Å². The fraction of sp³-hybridized carbons (Fsp3) is 0.300. The molecule has 2 aromatic carbocycles. The number of hydrogen-bond acceptors (Lipinski definition) is 4. The molecule has 2 rings (SSSR count). The average Bonchev–Trinajstić information content (AvgIpc) is 2.68. The summed E-state index contributed by atoms with van der Waals surface area (Å²) in [5.41, 5.74) is 3.23. The van der Waals surface area contributed by atoms with Gasteiger partial charge >= 0.3 is 0 Å². The molecule has 0 saturated heterocycles. The van der Waals surface area contributed by atoms with Crippen LogP contribution in [0.15, 0.2) is 47.4 Å². The molecule has 0 aromatic heterocycles. The van der Waals surface area contributed by atoms with Crippen molar-refractivity contribution >= 4 is 21.8 Å². The van der Waals surface area contributed by atoms with Gasteiger partial charge in [0.1, 0.15) is 0 Å². The molecule has 2 N–H and O–H groups in total. The number of carbonyl (C=O) groups excluding carboxylic acids is 2. The lowest BCUT2D eigenvalue weighted by Crippen LogP contribution is -2.37. The third kappa shape index (κ3) is 5.40. The summed E-state index contributed by atoms with van der Waals surface area (Å²) in [6.07, 6.45) is 0. The Morgan fingerprint density at radius 2 is 1.64 bits per heavy atom. The van der Waals surface area contributed by atoms with E-state index in [4.69, 9.17) is 0 Å². The summed E-state index contributed by atoms with van der Waals surface area (Å²) in [5.74, 6) is -0.542. The van der Waals surface area contributed by atoms with Crippen molar-refractivity contribution in [1.29, 1.82) is 0 Å². The van der Waals surface area contributed by atoms with E-state index in [-0.39, 0.29) is 23.3 Å². The summed E-state index contributed by atoms with van der Waals surface area (Å²) < 4.78 is 27.1. The zero-order chi connectivity index (χ0) is 20.9. The summed E-state index contributed by atoms with van der Waals surface area (Å²) in [4.78, 5) is 25.4. The van der Waals surface area contributed by atoms with Gasteiger partial charge in [-0.1, -0.05) is 18.2 Å². The molecular weight excluding hydrogens is 378 g/mol.